The molecule has 1 unspecified atom stereocenters. The molecule has 1 aliphatic rings. The van der Waals surface area contributed by atoms with Crippen molar-refractivity contribution in [3.8, 4) is 0 Å². The Morgan fingerprint density at radius 3 is 2.74 bits per heavy atom. The van der Waals surface area contributed by atoms with Crippen molar-refractivity contribution < 1.29 is 9.59 Å². The number of hydrogen-bond acceptors (Lipinski definition) is 2. The van der Waals surface area contributed by atoms with E-state index in [1.807, 2.05) is 6.08 Å². The first kappa shape index (κ1) is 13.6. The highest BCUT2D eigenvalue weighted by atomic mass is 35.5. The molecule has 0 bridgehead atoms. The van der Waals surface area contributed by atoms with Crippen molar-refractivity contribution in [3.05, 3.63) is 40.9 Å². The summed E-state index contributed by atoms with van der Waals surface area (Å²) in [6.45, 7) is 0. The fourth-order valence-electron chi connectivity index (χ4n) is 2.07. The van der Waals surface area contributed by atoms with Gasteiger partial charge in [-0.15, -0.1) is 0 Å². The van der Waals surface area contributed by atoms with Gasteiger partial charge < -0.3 is 11.1 Å². The van der Waals surface area contributed by atoms with Crippen molar-refractivity contribution in [1.82, 2.24) is 0 Å². The first-order valence-corrected chi connectivity index (χ1v) is 6.51. The fourth-order valence-corrected chi connectivity index (χ4v) is 2.28. The predicted molar refractivity (Wildman–Crippen MR) is 75.1 cm³/mol. The molecular weight excluding hydrogens is 264 g/mol. The van der Waals surface area contributed by atoms with Crippen molar-refractivity contribution in [2.75, 3.05) is 5.32 Å². The minimum Gasteiger partial charge on any atom is -0.366 e. The van der Waals surface area contributed by atoms with Crippen LogP contribution in [0.5, 0.6) is 0 Å². The molecule has 0 radical (unpaired) electrons. The van der Waals surface area contributed by atoms with Gasteiger partial charge in [-0.3, -0.25) is 9.59 Å². The van der Waals surface area contributed by atoms with E-state index in [2.05, 4.69) is 11.4 Å². The van der Waals surface area contributed by atoms with Crippen molar-refractivity contribution in [2.24, 2.45) is 11.7 Å². The second-order valence-corrected chi connectivity index (χ2v) is 4.94. The van der Waals surface area contributed by atoms with E-state index in [-0.39, 0.29) is 22.4 Å². The van der Waals surface area contributed by atoms with Crippen molar-refractivity contribution >= 4 is 29.1 Å². The van der Waals surface area contributed by atoms with Crippen LogP contribution < -0.4 is 11.1 Å². The Labute approximate surface area is 116 Å². The third-order valence-electron chi connectivity index (χ3n) is 3.14. The molecule has 0 fully saturated rings. The molecule has 0 aromatic heterocycles. The number of hydrogen-bond donors (Lipinski definition) is 2. The lowest BCUT2D eigenvalue weighted by Gasteiger charge is -2.17. The summed E-state index contributed by atoms with van der Waals surface area (Å²) in [5.74, 6) is -0.665. The van der Waals surface area contributed by atoms with Gasteiger partial charge in [0, 0.05) is 11.6 Å². The topological polar surface area (TPSA) is 72.2 Å². The predicted octanol–water partition coefficient (Wildman–Crippen LogP) is 2.73. The smallest absolute Gasteiger partial charge is 0.250 e. The zero-order valence-corrected chi connectivity index (χ0v) is 11.1. The Balaban J connectivity index is 2.10. The van der Waals surface area contributed by atoms with Crippen LogP contribution in [0.1, 0.15) is 29.6 Å². The van der Waals surface area contributed by atoms with Crippen LogP contribution in [0.2, 0.25) is 5.02 Å². The maximum atomic E-state index is 12.0. The molecule has 1 aromatic carbocycles. The molecule has 4 nitrogen and oxygen atoms in total. The van der Waals surface area contributed by atoms with Crippen LogP contribution in [0.25, 0.3) is 0 Å². The van der Waals surface area contributed by atoms with E-state index in [1.54, 1.807) is 12.1 Å². The standard InChI is InChI=1S/C14H15ClN2O2/c15-12-7-6-10(8-11(12)13(16)18)17-14(19)9-4-2-1-3-5-9/h1-2,6-9H,3-5H2,(H2,16,18)(H,17,19). The largest absolute Gasteiger partial charge is 0.366 e. The van der Waals surface area contributed by atoms with Crippen molar-refractivity contribution in [3.63, 3.8) is 0 Å². The molecule has 1 aliphatic carbocycles. The molecule has 2 amide bonds. The highest BCUT2D eigenvalue weighted by Gasteiger charge is 2.19. The molecule has 2 rings (SSSR count). The minimum atomic E-state index is -0.610. The molecule has 0 saturated carbocycles. The van der Waals surface area contributed by atoms with E-state index in [0.29, 0.717) is 5.69 Å². The molecule has 1 aromatic rings. The van der Waals surface area contributed by atoms with Gasteiger partial charge in [0.05, 0.1) is 10.6 Å². The third-order valence-corrected chi connectivity index (χ3v) is 3.47. The Hall–Kier alpha value is -1.81. The highest BCUT2D eigenvalue weighted by Crippen LogP contribution is 2.23. The maximum absolute atomic E-state index is 12.0. The molecule has 5 heteroatoms. The molecule has 0 saturated heterocycles. The summed E-state index contributed by atoms with van der Waals surface area (Å²) in [5.41, 5.74) is 5.96. The van der Waals surface area contributed by atoms with E-state index in [1.165, 1.54) is 6.07 Å². The SMILES string of the molecule is NC(=O)c1cc(NC(=O)C2CC=CCC2)ccc1Cl. The maximum Gasteiger partial charge on any atom is 0.250 e. The van der Waals surface area contributed by atoms with Gasteiger partial charge in [-0.25, -0.2) is 0 Å². The van der Waals surface area contributed by atoms with Gasteiger partial charge >= 0.3 is 0 Å². The summed E-state index contributed by atoms with van der Waals surface area (Å²) in [6.07, 6.45) is 6.62. The minimum absolute atomic E-state index is 0.0160. The number of primary amides is 1. The lowest BCUT2D eigenvalue weighted by atomic mass is 9.93. The van der Waals surface area contributed by atoms with Crippen LogP contribution >= 0.6 is 11.6 Å². The Morgan fingerprint density at radius 1 is 1.32 bits per heavy atom. The van der Waals surface area contributed by atoms with E-state index in [0.717, 1.165) is 19.3 Å². The van der Waals surface area contributed by atoms with Crippen LogP contribution in [0.3, 0.4) is 0 Å². The summed E-state index contributed by atoms with van der Waals surface area (Å²) >= 11 is 5.85. The Morgan fingerprint density at radius 2 is 2.11 bits per heavy atom. The number of rotatable bonds is 3. The molecule has 0 heterocycles. The zero-order valence-electron chi connectivity index (χ0n) is 10.4. The van der Waals surface area contributed by atoms with Crippen LogP contribution in [0, 0.1) is 5.92 Å². The van der Waals surface area contributed by atoms with Gasteiger partial charge in [0.2, 0.25) is 11.8 Å². The number of nitrogens with two attached hydrogens (primary N) is 1. The summed E-state index contributed by atoms with van der Waals surface area (Å²) in [6, 6.07) is 4.71. The van der Waals surface area contributed by atoms with Gasteiger partial charge in [-0.2, -0.15) is 0 Å². The number of nitrogens with one attached hydrogen (secondary N) is 1. The first-order chi connectivity index (χ1) is 9.08. The first-order valence-electron chi connectivity index (χ1n) is 6.13. The highest BCUT2D eigenvalue weighted by molar-refractivity contribution is 6.34. The average molecular weight is 279 g/mol. The van der Waals surface area contributed by atoms with Gasteiger partial charge in [-0.1, -0.05) is 23.8 Å². The Bertz CT molecular complexity index is 540. The molecule has 0 aliphatic heterocycles. The van der Waals surface area contributed by atoms with Crippen molar-refractivity contribution in [1.29, 1.82) is 0 Å². The second kappa shape index (κ2) is 5.89. The Kier molecular flexibility index (Phi) is 4.22. The third kappa shape index (κ3) is 3.35. The summed E-state index contributed by atoms with van der Waals surface area (Å²) in [4.78, 5) is 23.2. The summed E-state index contributed by atoms with van der Waals surface area (Å²) < 4.78 is 0. The summed E-state index contributed by atoms with van der Waals surface area (Å²) in [7, 11) is 0. The second-order valence-electron chi connectivity index (χ2n) is 4.53. The number of halogens is 1. The van der Waals surface area contributed by atoms with Gasteiger partial charge in [0.1, 0.15) is 0 Å². The number of carbonyl (C=O) groups excluding carboxylic acids is 2. The molecule has 100 valence electrons. The summed E-state index contributed by atoms with van der Waals surface area (Å²) in [5, 5.41) is 3.08. The van der Waals surface area contributed by atoms with E-state index in [9.17, 15) is 9.59 Å². The molecule has 1 atom stereocenters. The number of carbonyl (C=O) groups is 2. The molecule has 19 heavy (non-hydrogen) atoms. The van der Waals surface area contributed by atoms with Crippen LogP contribution in [-0.4, -0.2) is 11.8 Å². The number of allylic oxidation sites excluding steroid dienone is 2. The number of amides is 2. The quantitative estimate of drug-likeness (QED) is 0.835. The van der Waals surface area contributed by atoms with Gasteiger partial charge in [-0.05, 0) is 37.5 Å². The fraction of sp³-hybridized carbons (Fsp3) is 0.286. The van der Waals surface area contributed by atoms with E-state index in [4.69, 9.17) is 17.3 Å². The van der Waals surface area contributed by atoms with Crippen LogP contribution in [0.15, 0.2) is 30.4 Å². The van der Waals surface area contributed by atoms with Crippen molar-refractivity contribution in [2.45, 2.75) is 19.3 Å². The van der Waals surface area contributed by atoms with Gasteiger partial charge in [0.15, 0.2) is 0 Å². The number of benzene rings is 1. The van der Waals surface area contributed by atoms with Gasteiger partial charge in [0.25, 0.3) is 0 Å². The normalized spacial score (nSPS) is 18.1. The lowest BCUT2D eigenvalue weighted by Crippen LogP contribution is -2.23. The molecule has 3 N–H and O–H groups in total. The van der Waals surface area contributed by atoms with Crippen LogP contribution in [-0.2, 0) is 4.79 Å². The van der Waals surface area contributed by atoms with Crippen LogP contribution in [0.4, 0.5) is 5.69 Å². The molecule has 0 spiro atoms. The zero-order chi connectivity index (χ0) is 13.8. The number of anilines is 1. The van der Waals surface area contributed by atoms with E-state index < -0.39 is 5.91 Å². The lowest BCUT2D eigenvalue weighted by molar-refractivity contribution is -0.120. The average Bonchev–Trinajstić information content (AvgIpc) is 2.41. The molecular formula is C14H15ClN2O2. The van der Waals surface area contributed by atoms with E-state index >= 15 is 0 Å². The monoisotopic (exact) mass is 278 g/mol.